The van der Waals surface area contributed by atoms with Crippen molar-refractivity contribution in [2.24, 2.45) is 5.92 Å². The summed E-state index contributed by atoms with van der Waals surface area (Å²) in [6, 6.07) is 25.0. The molecule has 11 nitrogen and oxygen atoms in total. The van der Waals surface area contributed by atoms with Gasteiger partial charge in [-0.15, -0.1) is 0 Å². The highest BCUT2D eigenvalue weighted by atomic mass is 19.1. The number of benzene rings is 4. The number of anilines is 2. The third-order valence-electron chi connectivity index (χ3n) is 12.7. The topological polar surface area (TPSA) is 115 Å². The van der Waals surface area contributed by atoms with Crippen LogP contribution < -0.4 is 24.6 Å². The van der Waals surface area contributed by atoms with Crippen LogP contribution in [0.5, 0.6) is 17.2 Å². The number of rotatable bonds is 8. The van der Waals surface area contributed by atoms with Crippen LogP contribution in [0.25, 0.3) is 0 Å². The quantitative estimate of drug-likeness (QED) is 0.220. The number of carbonyl (C=O) groups excluding carboxylic acids is 3. The van der Waals surface area contributed by atoms with Crippen LogP contribution in [0.2, 0.25) is 0 Å². The molecule has 4 aromatic rings. The molecule has 2 N–H and O–H groups in total. The van der Waals surface area contributed by atoms with Crippen molar-refractivity contribution in [1.82, 2.24) is 15.1 Å². The fourth-order valence-electron chi connectivity index (χ4n) is 9.59. The highest BCUT2D eigenvalue weighted by Gasteiger charge is 2.40. The average molecular weight is 774 g/mol. The SMILES string of the molecule is COc1cccc([C@H]2COc3cc(O)ccc3C2c2ccc(N3CCC(CN4CCN(c5cc6c(cc5F)C(=O)N([C@H]5CCC(=O)NC5=O)C6)CC4)CC3)cc2)c1. The van der Waals surface area contributed by atoms with Gasteiger partial charge in [-0.25, -0.2) is 4.39 Å². The second kappa shape index (κ2) is 15.4. The maximum Gasteiger partial charge on any atom is 0.255 e. The lowest BCUT2D eigenvalue weighted by molar-refractivity contribution is -0.136. The lowest BCUT2D eigenvalue weighted by atomic mass is 9.76. The van der Waals surface area contributed by atoms with Crippen molar-refractivity contribution in [2.45, 2.75) is 50.1 Å². The van der Waals surface area contributed by atoms with E-state index in [0.717, 1.165) is 73.8 Å². The van der Waals surface area contributed by atoms with E-state index < -0.39 is 17.8 Å². The number of ether oxygens (including phenoxy) is 2. The molecule has 3 saturated heterocycles. The smallest absolute Gasteiger partial charge is 0.255 e. The molecule has 3 fully saturated rings. The number of methoxy groups -OCH3 is 1. The van der Waals surface area contributed by atoms with Gasteiger partial charge in [0.25, 0.3) is 5.91 Å². The van der Waals surface area contributed by atoms with Gasteiger partial charge in [0.15, 0.2) is 0 Å². The predicted octanol–water partition coefficient (Wildman–Crippen LogP) is 5.65. The summed E-state index contributed by atoms with van der Waals surface area (Å²) in [6.07, 6.45) is 2.67. The predicted molar refractivity (Wildman–Crippen MR) is 214 cm³/mol. The summed E-state index contributed by atoms with van der Waals surface area (Å²) in [5.41, 5.74) is 6.16. The number of halogens is 1. The van der Waals surface area contributed by atoms with Gasteiger partial charge in [-0.1, -0.05) is 30.3 Å². The summed E-state index contributed by atoms with van der Waals surface area (Å²) in [6.45, 7) is 6.81. The fourth-order valence-corrected chi connectivity index (χ4v) is 9.59. The Balaban J connectivity index is 0.796. The maximum absolute atomic E-state index is 15.5. The van der Waals surface area contributed by atoms with Crippen LogP contribution in [0.15, 0.2) is 78.9 Å². The number of carbonyl (C=O) groups is 3. The molecule has 0 bridgehead atoms. The van der Waals surface area contributed by atoms with E-state index in [1.807, 2.05) is 18.2 Å². The third kappa shape index (κ3) is 7.27. The van der Waals surface area contributed by atoms with Gasteiger partial charge in [0, 0.05) is 93.5 Å². The van der Waals surface area contributed by atoms with Gasteiger partial charge >= 0.3 is 0 Å². The van der Waals surface area contributed by atoms with E-state index in [1.165, 1.54) is 22.2 Å². The normalized spacial score (nSPS) is 22.9. The van der Waals surface area contributed by atoms with E-state index in [0.29, 0.717) is 36.9 Å². The van der Waals surface area contributed by atoms with E-state index in [-0.39, 0.29) is 48.8 Å². The molecule has 5 heterocycles. The number of aromatic hydroxyl groups is 1. The highest BCUT2D eigenvalue weighted by molar-refractivity contribution is 6.05. The number of amides is 3. The lowest BCUT2D eigenvalue weighted by Crippen LogP contribution is -2.52. The maximum atomic E-state index is 15.5. The minimum atomic E-state index is -0.720. The molecule has 0 saturated carbocycles. The number of piperazine rings is 1. The first-order chi connectivity index (χ1) is 27.7. The zero-order valence-electron chi connectivity index (χ0n) is 32.2. The highest BCUT2D eigenvalue weighted by Crippen LogP contribution is 2.47. The Labute approximate surface area is 331 Å². The molecule has 9 rings (SSSR count). The Morgan fingerprint density at radius 3 is 2.40 bits per heavy atom. The van der Waals surface area contributed by atoms with Gasteiger partial charge in [0.05, 0.1) is 19.4 Å². The minimum absolute atomic E-state index is 0.0560. The standard InChI is InChI=1S/C45H48FN5O6/c1-56-34-4-2-3-30(21-34)37-27-57-41-23-33(52)9-10-35(41)43(37)29-5-7-32(8-6-29)49-15-13-28(14-16-49)25-48-17-19-50(20-18-48)40-22-31-26-51(45(55)36(31)24-38(40)46)39-11-12-42(53)47-44(39)54/h2-10,21-24,28,37,39,43,52H,11-20,25-27H2,1H3,(H,47,53,54)/t37-,39+,43?/m1/s1. The Morgan fingerprint density at radius 1 is 0.860 bits per heavy atom. The first-order valence-corrected chi connectivity index (χ1v) is 20.1. The summed E-state index contributed by atoms with van der Waals surface area (Å²) in [5.74, 6) is 0.879. The van der Waals surface area contributed by atoms with Crippen LogP contribution in [-0.2, 0) is 16.1 Å². The summed E-state index contributed by atoms with van der Waals surface area (Å²) in [4.78, 5) is 45.7. The molecule has 5 aliphatic heterocycles. The molecule has 4 aromatic carbocycles. The van der Waals surface area contributed by atoms with Crippen molar-refractivity contribution in [3.8, 4) is 17.2 Å². The van der Waals surface area contributed by atoms with Crippen molar-refractivity contribution in [3.63, 3.8) is 0 Å². The van der Waals surface area contributed by atoms with Crippen LogP contribution in [0, 0.1) is 11.7 Å². The summed E-state index contributed by atoms with van der Waals surface area (Å²) >= 11 is 0. The van der Waals surface area contributed by atoms with Gasteiger partial charge in [0.2, 0.25) is 11.8 Å². The number of piperidine rings is 2. The number of hydrogen-bond donors (Lipinski definition) is 2. The second-order valence-corrected chi connectivity index (χ2v) is 16.1. The van der Waals surface area contributed by atoms with E-state index in [4.69, 9.17) is 9.47 Å². The third-order valence-corrected chi connectivity index (χ3v) is 12.7. The Hall–Kier alpha value is -5.62. The van der Waals surface area contributed by atoms with E-state index in [9.17, 15) is 19.5 Å². The number of nitrogens with one attached hydrogen (secondary N) is 1. The van der Waals surface area contributed by atoms with Gasteiger partial charge in [-0.05, 0) is 84.3 Å². The molecule has 57 heavy (non-hydrogen) atoms. The van der Waals surface area contributed by atoms with Gasteiger partial charge in [-0.3, -0.25) is 24.6 Å². The monoisotopic (exact) mass is 773 g/mol. The van der Waals surface area contributed by atoms with Crippen molar-refractivity contribution in [1.29, 1.82) is 0 Å². The first kappa shape index (κ1) is 37.0. The van der Waals surface area contributed by atoms with Crippen LogP contribution >= 0.6 is 0 Å². The second-order valence-electron chi connectivity index (χ2n) is 16.1. The van der Waals surface area contributed by atoms with Crippen LogP contribution in [0.1, 0.15) is 70.1 Å². The molecule has 1 unspecified atom stereocenters. The molecule has 3 amide bonds. The van der Waals surface area contributed by atoms with Crippen LogP contribution in [0.3, 0.4) is 0 Å². The molecule has 296 valence electrons. The van der Waals surface area contributed by atoms with Gasteiger partial charge in [0.1, 0.15) is 29.1 Å². The number of imide groups is 1. The summed E-state index contributed by atoms with van der Waals surface area (Å²) in [5, 5.41) is 12.5. The van der Waals surface area contributed by atoms with E-state index in [1.54, 1.807) is 25.3 Å². The summed E-state index contributed by atoms with van der Waals surface area (Å²) < 4.78 is 27.2. The molecule has 0 spiro atoms. The molecule has 5 aliphatic rings. The van der Waals surface area contributed by atoms with Gasteiger partial charge < -0.3 is 29.3 Å². The molecule has 0 aromatic heterocycles. The Kier molecular flexibility index (Phi) is 9.98. The molecular formula is C45H48FN5O6. The van der Waals surface area contributed by atoms with E-state index in [2.05, 4.69) is 56.4 Å². The molecular weight excluding hydrogens is 726 g/mol. The number of nitrogens with zero attached hydrogens (tertiary/aromatic N) is 4. The lowest BCUT2D eigenvalue weighted by Gasteiger charge is -2.40. The van der Waals surface area contributed by atoms with Crippen molar-refractivity contribution in [3.05, 3.63) is 112 Å². The van der Waals surface area contributed by atoms with Crippen LogP contribution in [-0.4, -0.2) is 98.2 Å². The van der Waals surface area contributed by atoms with Gasteiger partial charge in [-0.2, -0.15) is 0 Å². The molecule has 0 aliphatic carbocycles. The van der Waals surface area contributed by atoms with Crippen LogP contribution in [0.4, 0.5) is 15.8 Å². The van der Waals surface area contributed by atoms with Crippen molar-refractivity contribution in [2.75, 3.05) is 69.3 Å². The number of phenolic OH excluding ortho intramolecular Hbond substituents is 1. The zero-order chi connectivity index (χ0) is 39.2. The fraction of sp³-hybridized carbons (Fsp3) is 0.400. The largest absolute Gasteiger partial charge is 0.508 e. The first-order valence-electron chi connectivity index (χ1n) is 20.1. The molecule has 12 heteroatoms. The van der Waals surface area contributed by atoms with Crippen molar-refractivity contribution < 1.29 is 33.4 Å². The number of hydrogen-bond acceptors (Lipinski definition) is 9. The molecule has 0 radical (unpaired) electrons. The summed E-state index contributed by atoms with van der Waals surface area (Å²) in [7, 11) is 1.68. The zero-order valence-corrected chi connectivity index (χ0v) is 32.2. The number of fused-ring (bicyclic) bond motifs is 2. The average Bonchev–Trinajstić information content (AvgIpc) is 3.54. The minimum Gasteiger partial charge on any atom is -0.508 e. The Morgan fingerprint density at radius 2 is 1.65 bits per heavy atom. The number of phenols is 1. The van der Waals surface area contributed by atoms with Crippen molar-refractivity contribution >= 4 is 29.1 Å². The molecule has 3 atom stereocenters. The Bertz CT molecular complexity index is 2180. The van der Waals surface area contributed by atoms with E-state index >= 15 is 4.39 Å².